The van der Waals surface area contributed by atoms with Gasteiger partial charge in [0.25, 0.3) is 5.91 Å². The summed E-state index contributed by atoms with van der Waals surface area (Å²) in [4.78, 5) is 68.8. The predicted octanol–water partition coefficient (Wildman–Crippen LogP) is 3.05. The Morgan fingerprint density at radius 1 is 0.958 bits per heavy atom. The van der Waals surface area contributed by atoms with Gasteiger partial charge in [-0.1, -0.05) is 67.2 Å². The second-order valence-corrected chi connectivity index (χ2v) is 20.0. The van der Waals surface area contributed by atoms with Crippen LogP contribution in [-0.2, 0) is 29.0 Å². The van der Waals surface area contributed by atoms with Gasteiger partial charge in [0, 0.05) is 13.1 Å². The highest BCUT2D eigenvalue weighted by atomic mass is 32.2. The Hall–Kier alpha value is -2.70. The number of ketones is 1. The maximum Gasteiger partial charge on any atom is 0.316 e. The third-order valence-electron chi connectivity index (χ3n) is 12.1. The molecule has 0 aromatic heterocycles. The van der Waals surface area contributed by atoms with Crippen molar-refractivity contribution in [1.82, 2.24) is 26.2 Å². The number of Topliss-reactive ketones (excluding diaryl/α,β-unsaturated/α-hetero) is 1. The van der Waals surface area contributed by atoms with Gasteiger partial charge in [-0.05, 0) is 80.5 Å². The van der Waals surface area contributed by atoms with E-state index in [2.05, 4.69) is 35.1 Å². The van der Waals surface area contributed by atoms with Gasteiger partial charge in [0.05, 0.1) is 5.25 Å². The van der Waals surface area contributed by atoms with Crippen LogP contribution in [0.1, 0.15) is 113 Å². The predicted molar refractivity (Wildman–Crippen MR) is 181 cm³/mol. The van der Waals surface area contributed by atoms with Crippen molar-refractivity contribution in [3.8, 4) is 0 Å². The number of nitrogens with zero attached hydrogens (tertiary/aromatic N) is 1. The molecule has 13 heteroatoms. The van der Waals surface area contributed by atoms with Crippen molar-refractivity contribution in [2.45, 2.75) is 141 Å². The maximum absolute atomic E-state index is 14.4. The third kappa shape index (κ3) is 6.49. The zero-order valence-corrected chi connectivity index (χ0v) is 30.8. The van der Waals surface area contributed by atoms with Gasteiger partial charge in [-0.3, -0.25) is 19.2 Å². The quantitative estimate of drug-likeness (QED) is 0.228. The summed E-state index contributed by atoms with van der Waals surface area (Å²) in [7, 11) is -3.71. The average Bonchev–Trinajstić information content (AvgIpc) is 3.96. The highest BCUT2D eigenvalue weighted by molar-refractivity contribution is 7.93. The van der Waals surface area contributed by atoms with Gasteiger partial charge in [0.15, 0.2) is 9.84 Å². The molecule has 0 aromatic rings. The highest BCUT2D eigenvalue weighted by Gasteiger charge is 2.71. The molecule has 1 saturated heterocycles. The number of urea groups is 1. The van der Waals surface area contributed by atoms with Gasteiger partial charge in [-0.25, -0.2) is 13.2 Å². The summed E-state index contributed by atoms with van der Waals surface area (Å²) in [6.45, 7) is 15.5. The minimum atomic E-state index is -3.71. The average molecular weight is 692 g/mol. The van der Waals surface area contributed by atoms with E-state index < -0.39 is 72.5 Å². The molecule has 1 aliphatic heterocycles. The van der Waals surface area contributed by atoms with Gasteiger partial charge in [0.1, 0.15) is 22.5 Å². The number of carbonyl (C=O) groups excluding carboxylic acids is 5. The molecule has 4 aliphatic carbocycles. The lowest BCUT2D eigenvalue weighted by molar-refractivity contribution is -0.145. The number of hydrogen-bond acceptors (Lipinski definition) is 7. The van der Waals surface area contributed by atoms with Crippen molar-refractivity contribution in [3.05, 3.63) is 0 Å². The van der Waals surface area contributed by atoms with Crippen molar-refractivity contribution < 1.29 is 32.4 Å². The van der Waals surface area contributed by atoms with E-state index in [1.807, 2.05) is 27.7 Å². The Morgan fingerprint density at radius 3 is 2.10 bits per heavy atom. The monoisotopic (exact) mass is 691 g/mol. The van der Waals surface area contributed by atoms with E-state index in [9.17, 15) is 32.4 Å². The molecule has 5 amide bonds. The molecule has 4 saturated carbocycles. The molecule has 5 aliphatic rings. The van der Waals surface area contributed by atoms with Crippen molar-refractivity contribution in [1.29, 1.82) is 0 Å². The van der Waals surface area contributed by atoms with E-state index in [0.717, 1.165) is 19.3 Å². The van der Waals surface area contributed by atoms with Crippen LogP contribution in [-0.4, -0.2) is 83.7 Å². The molecular weight excluding hydrogens is 634 g/mol. The van der Waals surface area contributed by atoms with Crippen molar-refractivity contribution in [3.63, 3.8) is 0 Å². The number of piperidine rings is 1. The van der Waals surface area contributed by atoms with E-state index >= 15 is 0 Å². The van der Waals surface area contributed by atoms with Crippen LogP contribution in [0.15, 0.2) is 0 Å². The van der Waals surface area contributed by atoms with Gasteiger partial charge in [0.2, 0.25) is 17.6 Å². The van der Waals surface area contributed by atoms with Crippen LogP contribution >= 0.6 is 0 Å². The summed E-state index contributed by atoms with van der Waals surface area (Å²) in [6.07, 6.45) is 5.88. The van der Waals surface area contributed by atoms with E-state index in [-0.39, 0.29) is 23.2 Å². The summed E-state index contributed by atoms with van der Waals surface area (Å²) >= 11 is 0. The van der Waals surface area contributed by atoms with Gasteiger partial charge in [-0.2, -0.15) is 0 Å². The lowest BCUT2D eigenvalue weighted by Crippen LogP contribution is -2.65. The number of likely N-dealkylation sites (tertiary alicyclic amines) is 1. The Balaban J connectivity index is 1.35. The van der Waals surface area contributed by atoms with E-state index in [4.69, 9.17) is 0 Å². The standard InChI is InChI=1S/C35H57N5O7S/c1-9-22-17-35(22,27(41)29(43)36-18-21-13-14-21)38-28(42)25-24-23(33(24,7)8)19-40(25)30(44)26(32(4,5)6)37-31(45)39-34(15-11-10-12-16-34)48(46,47)20(2)3/h20-26H,9-19H2,1-8H3,(H,36,43)(H,38,42)(H2,37,39,45). The Morgan fingerprint density at radius 2 is 1.58 bits per heavy atom. The highest BCUT2D eigenvalue weighted by Crippen LogP contribution is 2.65. The van der Waals surface area contributed by atoms with Crippen molar-refractivity contribution in [2.75, 3.05) is 13.1 Å². The molecular formula is C35H57N5O7S. The first-order valence-corrected chi connectivity index (χ1v) is 19.6. The van der Waals surface area contributed by atoms with E-state index in [0.29, 0.717) is 57.5 Å². The van der Waals surface area contributed by atoms with Crippen molar-refractivity contribution in [2.24, 2.45) is 34.5 Å². The first-order valence-electron chi connectivity index (χ1n) is 18.0. The summed E-state index contributed by atoms with van der Waals surface area (Å²) in [5.74, 6) is -2.06. The minimum Gasteiger partial charge on any atom is -0.349 e. The van der Waals surface area contributed by atoms with Crippen LogP contribution in [0.2, 0.25) is 0 Å². The number of amides is 5. The largest absolute Gasteiger partial charge is 0.349 e. The fraction of sp³-hybridized carbons (Fsp3) is 0.857. The van der Waals surface area contributed by atoms with E-state index in [1.54, 1.807) is 13.8 Å². The molecule has 6 atom stereocenters. The number of fused-ring (bicyclic) bond motifs is 1. The Labute approximate surface area is 286 Å². The lowest BCUT2D eigenvalue weighted by atomic mass is 9.85. The zero-order valence-electron chi connectivity index (χ0n) is 30.0. The molecule has 0 aromatic carbocycles. The van der Waals surface area contributed by atoms with Crippen molar-refractivity contribution >= 4 is 39.4 Å². The lowest BCUT2D eigenvalue weighted by Gasteiger charge is -2.41. The number of carbonyl (C=O) groups is 5. The van der Waals surface area contributed by atoms with Crippen LogP contribution in [0.3, 0.4) is 0 Å². The second-order valence-electron chi connectivity index (χ2n) is 17.2. The molecule has 48 heavy (non-hydrogen) atoms. The summed E-state index contributed by atoms with van der Waals surface area (Å²) in [6, 6.07) is -2.68. The topological polar surface area (TPSA) is 171 Å². The molecule has 5 fully saturated rings. The normalized spacial score (nSPS) is 30.9. The summed E-state index contributed by atoms with van der Waals surface area (Å²) < 4.78 is 27.0. The van der Waals surface area contributed by atoms with E-state index in [1.165, 1.54) is 4.90 Å². The molecule has 0 radical (unpaired) electrons. The summed E-state index contributed by atoms with van der Waals surface area (Å²) in [5, 5.41) is 10.6. The fourth-order valence-corrected chi connectivity index (χ4v) is 10.5. The Kier molecular flexibility index (Phi) is 9.58. The van der Waals surface area contributed by atoms with Gasteiger partial charge < -0.3 is 26.2 Å². The number of rotatable bonds is 12. The zero-order chi connectivity index (χ0) is 35.6. The number of hydrogen-bond donors (Lipinski definition) is 4. The fourth-order valence-electron chi connectivity index (χ4n) is 8.50. The molecule has 4 N–H and O–H groups in total. The van der Waals surface area contributed by atoms with Crippen LogP contribution in [0, 0.1) is 34.5 Å². The molecule has 0 bridgehead atoms. The molecule has 270 valence electrons. The van der Waals surface area contributed by atoms with Crippen LogP contribution in [0.25, 0.3) is 0 Å². The smallest absolute Gasteiger partial charge is 0.316 e. The van der Waals surface area contributed by atoms with Gasteiger partial charge in [-0.15, -0.1) is 0 Å². The third-order valence-corrected chi connectivity index (χ3v) is 15.0. The summed E-state index contributed by atoms with van der Waals surface area (Å²) in [5.41, 5.74) is -2.27. The van der Waals surface area contributed by atoms with Gasteiger partial charge >= 0.3 is 6.03 Å². The first kappa shape index (κ1) is 36.6. The second kappa shape index (κ2) is 12.6. The van der Waals surface area contributed by atoms with Crippen LogP contribution in [0.4, 0.5) is 4.79 Å². The minimum absolute atomic E-state index is 0.0583. The SMILES string of the molecule is CCC1CC1(NC(=O)C1C2C(CN1C(=O)C(NC(=O)NC1(S(=O)(=O)C(C)C)CCCCC1)C(C)(C)C)C2(C)C)C(=O)C(=O)NCC1CC1. The van der Waals surface area contributed by atoms with Crippen LogP contribution in [0.5, 0.6) is 0 Å². The molecule has 5 rings (SSSR count). The molecule has 6 unspecified atom stereocenters. The molecule has 12 nitrogen and oxygen atoms in total. The molecule has 0 spiro atoms. The first-order chi connectivity index (χ1) is 22.2. The molecule has 1 heterocycles. The maximum atomic E-state index is 14.4. The number of nitrogens with one attached hydrogen (secondary N) is 4. The number of sulfone groups is 1. The Bertz CT molecular complexity index is 1440. The van der Waals surface area contributed by atoms with Crippen LogP contribution < -0.4 is 21.3 Å².